The highest BCUT2D eigenvalue weighted by Crippen LogP contribution is 2.42. The van der Waals surface area contributed by atoms with Gasteiger partial charge in [-0.25, -0.2) is 0 Å². The molecule has 96 valence electrons. The maximum atomic E-state index is 9.59. The Morgan fingerprint density at radius 2 is 2.22 bits per heavy atom. The van der Waals surface area contributed by atoms with Crippen molar-refractivity contribution in [2.45, 2.75) is 39.0 Å². The summed E-state index contributed by atoms with van der Waals surface area (Å²) in [5.74, 6) is 1.57. The molecule has 0 spiro atoms. The average molecular weight is 243 g/mol. The summed E-state index contributed by atoms with van der Waals surface area (Å²) < 4.78 is 5.39. The molecule has 0 amide bonds. The second-order valence-corrected chi connectivity index (χ2v) is 5.58. The number of hydrogen-bond acceptors (Lipinski definition) is 2. The Bertz CT molecular complexity index is 449. The van der Waals surface area contributed by atoms with E-state index in [1.54, 1.807) is 7.11 Å². The molecule has 0 aliphatic heterocycles. The van der Waals surface area contributed by atoms with Crippen molar-refractivity contribution in [2.75, 3.05) is 7.11 Å². The number of benzene rings is 1. The molecule has 2 nitrogen and oxygen atoms in total. The summed E-state index contributed by atoms with van der Waals surface area (Å²) >= 11 is 0. The highest BCUT2D eigenvalue weighted by Gasteiger charge is 2.35. The van der Waals surface area contributed by atoms with Gasteiger partial charge < -0.3 is 4.74 Å². The SMILES string of the molecule is COc1ccccc1CC1(C#N)CCCC(C)C1. The molecule has 1 fully saturated rings. The summed E-state index contributed by atoms with van der Waals surface area (Å²) in [7, 11) is 1.70. The van der Waals surface area contributed by atoms with Gasteiger partial charge in [0.05, 0.1) is 18.6 Å². The van der Waals surface area contributed by atoms with Crippen LogP contribution in [0.25, 0.3) is 0 Å². The molecule has 1 aromatic rings. The highest BCUT2D eigenvalue weighted by atomic mass is 16.5. The Kier molecular flexibility index (Phi) is 3.91. The summed E-state index contributed by atoms with van der Waals surface area (Å²) in [5.41, 5.74) is 0.974. The normalized spacial score (nSPS) is 27.5. The molecule has 1 saturated carbocycles. The molecule has 2 unspecified atom stereocenters. The molecular weight excluding hydrogens is 222 g/mol. The van der Waals surface area contributed by atoms with Crippen molar-refractivity contribution in [1.29, 1.82) is 5.26 Å². The lowest BCUT2D eigenvalue weighted by atomic mass is 9.68. The van der Waals surface area contributed by atoms with E-state index in [0.29, 0.717) is 5.92 Å². The van der Waals surface area contributed by atoms with Gasteiger partial charge in [-0.15, -0.1) is 0 Å². The maximum absolute atomic E-state index is 9.59. The number of para-hydroxylation sites is 1. The van der Waals surface area contributed by atoms with Crippen LogP contribution < -0.4 is 4.74 Å². The van der Waals surface area contributed by atoms with E-state index >= 15 is 0 Å². The molecule has 0 aromatic heterocycles. The van der Waals surface area contributed by atoms with E-state index in [2.05, 4.69) is 19.1 Å². The van der Waals surface area contributed by atoms with Gasteiger partial charge >= 0.3 is 0 Å². The van der Waals surface area contributed by atoms with E-state index in [9.17, 15) is 5.26 Å². The molecule has 0 saturated heterocycles. The zero-order valence-corrected chi connectivity index (χ0v) is 11.3. The largest absolute Gasteiger partial charge is 0.496 e. The van der Waals surface area contributed by atoms with Crippen LogP contribution in [-0.2, 0) is 6.42 Å². The van der Waals surface area contributed by atoms with Crippen LogP contribution in [0.15, 0.2) is 24.3 Å². The summed E-state index contributed by atoms with van der Waals surface area (Å²) in [6.45, 7) is 2.26. The second-order valence-electron chi connectivity index (χ2n) is 5.58. The van der Waals surface area contributed by atoms with E-state index in [4.69, 9.17) is 4.74 Å². The minimum Gasteiger partial charge on any atom is -0.496 e. The zero-order valence-electron chi connectivity index (χ0n) is 11.3. The Morgan fingerprint density at radius 3 is 2.89 bits per heavy atom. The smallest absolute Gasteiger partial charge is 0.122 e. The van der Waals surface area contributed by atoms with Crippen molar-refractivity contribution in [3.05, 3.63) is 29.8 Å². The van der Waals surface area contributed by atoms with Crippen molar-refractivity contribution in [3.63, 3.8) is 0 Å². The fraction of sp³-hybridized carbons (Fsp3) is 0.562. The second kappa shape index (κ2) is 5.44. The molecule has 2 rings (SSSR count). The molecule has 2 heteroatoms. The van der Waals surface area contributed by atoms with Crippen molar-refractivity contribution in [1.82, 2.24) is 0 Å². The van der Waals surface area contributed by atoms with Crippen LogP contribution in [0.4, 0.5) is 0 Å². The van der Waals surface area contributed by atoms with E-state index in [1.165, 1.54) is 12.8 Å². The summed E-state index contributed by atoms with van der Waals surface area (Å²) in [5, 5.41) is 9.59. The lowest BCUT2D eigenvalue weighted by molar-refractivity contribution is 0.208. The van der Waals surface area contributed by atoms with Gasteiger partial charge in [0.1, 0.15) is 5.75 Å². The van der Waals surface area contributed by atoms with Gasteiger partial charge in [0.2, 0.25) is 0 Å². The van der Waals surface area contributed by atoms with Gasteiger partial charge in [0, 0.05) is 0 Å². The first-order valence-corrected chi connectivity index (χ1v) is 6.72. The predicted molar refractivity (Wildman–Crippen MR) is 72.4 cm³/mol. The van der Waals surface area contributed by atoms with Crippen LogP contribution in [-0.4, -0.2) is 7.11 Å². The van der Waals surface area contributed by atoms with Crippen molar-refractivity contribution in [3.8, 4) is 11.8 Å². The molecule has 0 N–H and O–H groups in total. The van der Waals surface area contributed by atoms with E-state index in [1.807, 2.05) is 18.2 Å². The molecule has 2 atom stereocenters. The fourth-order valence-corrected chi connectivity index (χ4v) is 3.18. The van der Waals surface area contributed by atoms with Gasteiger partial charge in [-0.05, 0) is 36.8 Å². The first kappa shape index (κ1) is 13.0. The first-order valence-electron chi connectivity index (χ1n) is 6.72. The molecule has 1 aliphatic rings. The lowest BCUT2D eigenvalue weighted by Gasteiger charge is -2.34. The topological polar surface area (TPSA) is 33.0 Å². The predicted octanol–water partition coefficient (Wildman–Crippen LogP) is 3.96. The summed E-state index contributed by atoms with van der Waals surface area (Å²) in [6, 6.07) is 10.7. The van der Waals surface area contributed by atoms with Gasteiger partial charge in [0.15, 0.2) is 0 Å². The molecule has 0 heterocycles. The van der Waals surface area contributed by atoms with Crippen LogP contribution in [0.3, 0.4) is 0 Å². The number of nitrogens with zero attached hydrogens (tertiary/aromatic N) is 1. The lowest BCUT2D eigenvalue weighted by Crippen LogP contribution is -2.28. The number of hydrogen-bond donors (Lipinski definition) is 0. The van der Waals surface area contributed by atoms with Crippen LogP contribution >= 0.6 is 0 Å². The maximum Gasteiger partial charge on any atom is 0.122 e. The standard InChI is InChI=1S/C16H21NO/c1-13-6-5-9-16(10-13,12-17)11-14-7-3-4-8-15(14)18-2/h3-4,7-8,13H,5-6,9-11H2,1-2H3. The molecule has 1 aromatic carbocycles. The highest BCUT2D eigenvalue weighted by molar-refractivity contribution is 5.35. The fourth-order valence-electron chi connectivity index (χ4n) is 3.18. The van der Waals surface area contributed by atoms with Crippen molar-refractivity contribution < 1.29 is 4.74 Å². The third kappa shape index (κ3) is 2.67. The van der Waals surface area contributed by atoms with E-state index in [-0.39, 0.29) is 5.41 Å². The summed E-state index contributed by atoms with van der Waals surface area (Å²) in [6.07, 6.45) is 5.28. The minimum absolute atomic E-state index is 0.188. The van der Waals surface area contributed by atoms with E-state index < -0.39 is 0 Å². The Morgan fingerprint density at radius 1 is 1.44 bits per heavy atom. The monoisotopic (exact) mass is 243 g/mol. The third-order valence-electron chi connectivity index (χ3n) is 4.05. The summed E-state index contributed by atoms with van der Waals surface area (Å²) in [4.78, 5) is 0. The number of ether oxygens (including phenoxy) is 1. The van der Waals surface area contributed by atoms with Gasteiger partial charge in [-0.3, -0.25) is 0 Å². The Labute approximate surface area is 110 Å². The number of nitriles is 1. The quantitative estimate of drug-likeness (QED) is 0.805. The Hall–Kier alpha value is -1.49. The first-order chi connectivity index (χ1) is 8.69. The minimum atomic E-state index is -0.188. The van der Waals surface area contributed by atoms with Gasteiger partial charge in [-0.1, -0.05) is 38.0 Å². The Balaban J connectivity index is 2.22. The number of methoxy groups -OCH3 is 1. The molecular formula is C16H21NO. The van der Waals surface area contributed by atoms with Crippen LogP contribution in [0.1, 0.15) is 38.2 Å². The van der Waals surface area contributed by atoms with Crippen LogP contribution in [0.5, 0.6) is 5.75 Å². The van der Waals surface area contributed by atoms with Gasteiger partial charge in [-0.2, -0.15) is 5.26 Å². The van der Waals surface area contributed by atoms with Crippen molar-refractivity contribution >= 4 is 0 Å². The van der Waals surface area contributed by atoms with Gasteiger partial charge in [0.25, 0.3) is 0 Å². The van der Waals surface area contributed by atoms with Crippen LogP contribution in [0, 0.1) is 22.7 Å². The molecule has 0 bridgehead atoms. The molecule has 0 radical (unpaired) electrons. The van der Waals surface area contributed by atoms with Crippen LogP contribution in [0.2, 0.25) is 0 Å². The average Bonchev–Trinajstić information content (AvgIpc) is 2.39. The number of rotatable bonds is 3. The molecule has 18 heavy (non-hydrogen) atoms. The van der Waals surface area contributed by atoms with E-state index in [0.717, 1.165) is 30.6 Å². The zero-order chi connectivity index (χ0) is 13.0. The van der Waals surface area contributed by atoms with Crippen molar-refractivity contribution in [2.24, 2.45) is 11.3 Å². The molecule has 1 aliphatic carbocycles. The third-order valence-corrected chi connectivity index (χ3v) is 4.05.